The molecule has 2 atom stereocenters. The van der Waals surface area contributed by atoms with Gasteiger partial charge in [0.25, 0.3) is 0 Å². The fourth-order valence-corrected chi connectivity index (χ4v) is 2.87. The van der Waals surface area contributed by atoms with Crippen molar-refractivity contribution in [1.82, 2.24) is 0 Å². The average Bonchev–Trinajstić information content (AvgIpc) is 2.20. The lowest BCUT2D eigenvalue weighted by molar-refractivity contribution is 0.285. The summed E-state index contributed by atoms with van der Waals surface area (Å²) in [5, 5.41) is 0. The molecule has 0 aliphatic rings. The van der Waals surface area contributed by atoms with Crippen molar-refractivity contribution < 1.29 is 4.39 Å². The summed E-state index contributed by atoms with van der Waals surface area (Å²) < 4.78 is 13.2. The molecule has 1 aromatic carbocycles. The Balaban J connectivity index is 2.55. The van der Waals surface area contributed by atoms with Crippen molar-refractivity contribution in [3.8, 4) is 0 Å². The number of nitrogens with two attached hydrogens (primary N) is 1. The van der Waals surface area contributed by atoms with Gasteiger partial charge in [-0.15, -0.1) is 0 Å². The van der Waals surface area contributed by atoms with Gasteiger partial charge in [-0.2, -0.15) is 0 Å². The quantitative estimate of drug-likeness (QED) is 0.835. The number of aryl methyl sites for hydroxylation is 1. The molecule has 0 radical (unpaired) electrons. The first kappa shape index (κ1) is 16.2. The highest BCUT2D eigenvalue weighted by atomic mass is 19.1. The Bertz CT molecular complexity index is 406. The predicted molar refractivity (Wildman–Crippen MR) is 80.7 cm³/mol. The molecule has 0 aliphatic heterocycles. The van der Waals surface area contributed by atoms with Crippen LogP contribution in [0.15, 0.2) is 18.2 Å². The van der Waals surface area contributed by atoms with Gasteiger partial charge in [0.1, 0.15) is 5.82 Å². The van der Waals surface area contributed by atoms with E-state index in [4.69, 9.17) is 5.73 Å². The largest absolute Gasteiger partial charge is 0.327 e. The second-order valence-electron chi connectivity index (χ2n) is 7.14. The maximum absolute atomic E-state index is 13.2. The maximum atomic E-state index is 13.2. The lowest BCUT2D eigenvalue weighted by Gasteiger charge is -2.25. The van der Waals surface area contributed by atoms with Gasteiger partial charge >= 0.3 is 0 Å². The zero-order valence-electron chi connectivity index (χ0n) is 13.0. The van der Waals surface area contributed by atoms with E-state index in [2.05, 4.69) is 27.7 Å². The van der Waals surface area contributed by atoms with Gasteiger partial charge in [0.2, 0.25) is 0 Å². The fourth-order valence-electron chi connectivity index (χ4n) is 2.87. The van der Waals surface area contributed by atoms with Crippen LogP contribution in [0.3, 0.4) is 0 Å². The molecular formula is C17H28FN. The molecular weight excluding hydrogens is 237 g/mol. The molecule has 2 heteroatoms. The van der Waals surface area contributed by atoms with Crippen molar-refractivity contribution in [2.45, 2.75) is 59.9 Å². The lowest BCUT2D eigenvalue weighted by atomic mass is 9.82. The van der Waals surface area contributed by atoms with Crippen molar-refractivity contribution in [3.05, 3.63) is 35.1 Å². The van der Waals surface area contributed by atoms with Gasteiger partial charge in [-0.05, 0) is 60.8 Å². The van der Waals surface area contributed by atoms with Crippen LogP contribution in [0.4, 0.5) is 4.39 Å². The molecule has 108 valence electrons. The molecule has 2 unspecified atom stereocenters. The third kappa shape index (κ3) is 6.20. The maximum Gasteiger partial charge on any atom is 0.123 e. The van der Waals surface area contributed by atoms with Gasteiger partial charge in [0.15, 0.2) is 0 Å². The van der Waals surface area contributed by atoms with Crippen LogP contribution in [0.5, 0.6) is 0 Å². The summed E-state index contributed by atoms with van der Waals surface area (Å²) in [6.45, 7) is 11.0. The van der Waals surface area contributed by atoms with Crippen molar-refractivity contribution in [3.63, 3.8) is 0 Å². The van der Waals surface area contributed by atoms with Crippen molar-refractivity contribution in [2.24, 2.45) is 17.1 Å². The molecule has 0 aromatic heterocycles. The number of benzene rings is 1. The molecule has 19 heavy (non-hydrogen) atoms. The number of hydrogen-bond donors (Lipinski definition) is 1. The van der Waals surface area contributed by atoms with Crippen molar-refractivity contribution in [1.29, 1.82) is 0 Å². The second kappa shape index (κ2) is 6.51. The van der Waals surface area contributed by atoms with Crippen molar-refractivity contribution >= 4 is 0 Å². The Hall–Kier alpha value is -0.890. The van der Waals surface area contributed by atoms with E-state index in [1.807, 2.05) is 13.0 Å². The topological polar surface area (TPSA) is 26.0 Å². The summed E-state index contributed by atoms with van der Waals surface area (Å²) >= 11 is 0. The molecule has 0 saturated heterocycles. The standard InChI is InChI=1S/C17H28FN/c1-12(11-17(3,4)5)8-16(19)10-14-9-15(18)7-6-13(14)2/h6-7,9,12,16H,8,10-11,19H2,1-5H3. The van der Waals surface area contributed by atoms with E-state index in [1.165, 1.54) is 12.5 Å². The van der Waals surface area contributed by atoms with E-state index in [0.717, 1.165) is 24.0 Å². The molecule has 0 bridgehead atoms. The van der Waals surface area contributed by atoms with Gasteiger partial charge < -0.3 is 5.73 Å². The molecule has 0 fully saturated rings. The lowest BCUT2D eigenvalue weighted by Crippen LogP contribution is -2.27. The molecule has 2 N–H and O–H groups in total. The summed E-state index contributed by atoms with van der Waals surface area (Å²) in [6, 6.07) is 5.06. The van der Waals surface area contributed by atoms with Crippen LogP contribution in [0, 0.1) is 24.1 Å². The van der Waals surface area contributed by atoms with E-state index in [-0.39, 0.29) is 11.9 Å². The first-order chi connectivity index (χ1) is 8.67. The third-order valence-corrected chi connectivity index (χ3v) is 3.46. The minimum atomic E-state index is -0.171. The Morgan fingerprint density at radius 3 is 2.47 bits per heavy atom. The summed E-state index contributed by atoms with van der Waals surface area (Å²) in [6.07, 6.45) is 2.92. The van der Waals surface area contributed by atoms with E-state index < -0.39 is 0 Å². The SMILES string of the molecule is Cc1ccc(F)cc1CC(N)CC(C)CC(C)(C)C. The van der Waals surface area contributed by atoms with E-state index >= 15 is 0 Å². The van der Waals surface area contributed by atoms with Crippen molar-refractivity contribution in [2.75, 3.05) is 0 Å². The molecule has 0 amide bonds. The Morgan fingerprint density at radius 2 is 1.89 bits per heavy atom. The molecule has 0 spiro atoms. The molecule has 1 nitrogen and oxygen atoms in total. The smallest absolute Gasteiger partial charge is 0.123 e. The fraction of sp³-hybridized carbons (Fsp3) is 0.647. The molecule has 0 aliphatic carbocycles. The van der Waals surface area contributed by atoms with Crippen LogP contribution < -0.4 is 5.73 Å². The van der Waals surface area contributed by atoms with E-state index in [9.17, 15) is 4.39 Å². The van der Waals surface area contributed by atoms with Gasteiger partial charge in [-0.3, -0.25) is 0 Å². The highest BCUT2D eigenvalue weighted by Crippen LogP contribution is 2.27. The third-order valence-electron chi connectivity index (χ3n) is 3.46. The highest BCUT2D eigenvalue weighted by molar-refractivity contribution is 5.27. The Kier molecular flexibility index (Phi) is 5.54. The minimum absolute atomic E-state index is 0.109. The summed E-state index contributed by atoms with van der Waals surface area (Å²) in [7, 11) is 0. The number of hydrogen-bond acceptors (Lipinski definition) is 1. The van der Waals surface area contributed by atoms with Crippen LogP contribution in [0.25, 0.3) is 0 Å². The average molecular weight is 265 g/mol. The monoisotopic (exact) mass is 265 g/mol. The second-order valence-corrected chi connectivity index (χ2v) is 7.14. The Labute approximate surface area is 117 Å². The van der Waals surface area contributed by atoms with Gasteiger partial charge in [-0.1, -0.05) is 33.8 Å². The van der Waals surface area contributed by atoms with Crippen LogP contribution >= 0.6 is 0 Å². The highest BCUT2D eigenvalue weighted by Gasteiger charge is 2.18. The molecule has 0 heterocycles. The van der Waals surface area contributed by atoms with Crippen LogP contribution in [0.2, 0.25) is 0 Å². The van der Waals surface area contributed by atoms with Gasteiger partial charge in [-0.25, -0.2) is 4.39 Å². The first-order valence-corrected chi connectivity index (χ1v) is 7.18. The zero-order chi connectivity index (χ0) is 14.6. The van der Waals surface area contributed by atoms with Crippen LogP contribution in [-0.4, -0.2) is 6.04 Å². The molecule has 1 aromatic rings. The van der Waals surface area contributed by atoms with E-state index in [1.54, 1.807) is 6.07 Å². The zero-order valence-corrected chi connectivity index (χ0v) is 13.0. The summed E-state index contributed by atoms with van der Waals surface area (Å²) in [5.41, 5.74) is 8.73. The van der Waals surface area contributed by atoms with Gasteiger partial charge in [0, 0.05) is 6.04 Å². The minimum Gasteiger partial charge on any atom is -0.327 e. The summed E-state index contributed by atoms with van der Waals surface area (Å²) in [5.74, 6) is 0.430. The molecule has 1 rings (SSSR count). The first-order valence-electron chi connectivity index (χ1n) is 7.18. The number of rotatable bonds is 5. The van der Waals surface area contributed by atoms with Crippen LogP contribution in [0.1, 0.15) is 51.7 Å². The normalized spacial score (nSPS) is 15.3. The predicted octanol–water partition coefficient (Wildman–Crippen LogP) is 4.47. The molecule has 0 saturated carbocycles. The number of halogens is 1. The van der Waals surface area contributed by atoms with Gasteiger partial charge in [0.05, 0.1) is 0 Å². The Morgan fingerprint density at radius 1 is 1.26 bits per heavy atom. The van der Waals surface area contributed by atoms with Crippen LogP contribution in [-0.2, 0) is 6.42 Å². The van der Waals surface area contributed by atoms with E-state index in [0.29, 0.717) is 11.3 Å². The summed E-state index contributed by atoms with van der Waals surface area (Å²) in [4.78, 5) is 0.